The van der Waals surface area contributed by atoms with Crippen LogP contribution in [0.2, 0.25) is 0 Å². The Bertz CT molecular complexity index is 2290. The Labute approximate surface area is 594 Å². The van der Waals surface area contributed by atoms with Crippen LogP contribution >= 0.6 is 15.6 Å². The molecule has 564 valence electrons. The first kappa shape index (κ1) is 93.7. The fourth-order valence-corrected chi connectivity index (χ4v) is 11.5. The molecule has 0 amide bonds. The molecule has 0 bridgehead atoms. The third kappa shape index (κ3) is 70.2. The zero-order valence-electron chi connectivity index (χ0n) is 61.4. The highest BCUT2D eigenvalue weighted by atomic mass is 31.2. The summed E-state index contributed by atoms with van der Waals surface area (Å²) in [5.41, 5.74) is 0. The number of hydrogen-bond donors (Lipinski definition) is 3. The van der Waals surface area contributed by atoms with Crippen molar-refractivity contribution in [3.8, 4) is 0 Å². The van der Waals surface area contributed by atoms with Crippen molar-refractivity contribution in [3.63, 3.8) is 0 Å². The maximum atomic E-state index is 13.1. The molecule has 5 unspecified atom stereocenters. The Morgan fingerprint density at radius 3 is 0.857 bits per heavy atom. The molecule has 0 aliphatic rings. The number of allylic oxidation sites excluding steroid dienone is 18. The molecule has 0 aromatic heterocycles. The van der Waals surface area contributed by atoms with Gasteiger partial charge in [0.05, 0.1) is 26.4 Å². The van der Waals surface area contributed by atoms with E-state index in [4.69, 9.17) is 37.0 Å². The van der Waals surface area contributed by atoms with Gasteiger partial charge in [0.15, 0.2) is 12.2 Å². The average Bonchev–Trinajstić information content (AvgIpc) is 0.992. The van der Waals surface area contributed by atoms with Crippen molar-refractivity contribution in [2.24, 2.45) is 0 Å². The number of phosphoric ester groups is 2. The van der Waals surface area contributed by atoms with Crippen molar-refractivity contribution in [1.82, 2.24) is 0 Å². The predicted molar refractivity (Wildman–Crippen MR) is 399 cm³/mol. The molecule has 0 spiro atoms. The van der Waals surface area contributed by atoms with Crippen LogP contribution in [0.1, 0.15) is 310 Å². The molecule has 19 heteroatoms. The molecule has 0 aromatic carbocycles. The molecular formula is C79H136O17P2. The summed E-state index contributed by atoms with van der Waals surface area (Å²) in [6.07, 6.45) is 75.1. The zero-order valence-corrected chi connectivity index (χ0v) is 63.2. The highest BCUT2D eigenvalue weighted by molar-refractivity contribution is 7.47. The molecule has 0 radical (unpaired) electrons. The minimum atomic E-state index is -4.98. The van der Waals surface area contributed by atoms with E-state index in [0.717, 1.165) is 193 Å². The number of carbonyl (C=O) groups is 4. The van der Waals surface area contributed by atoms with Crippen molar-refractivity contribution in [2.45, 2.75) is 329 Å². The lowest BCUT2D eigenvalue weighted by molar-refractivity contribution is -0.161. The molecule has 17 nitrogen and oxygen atoms in total. The fraction of sp³-hybridized carbons (Fsp3) is 0.722. The quantitative estimate of drug-likeness (QED) is 0.0169. The highest BCUT2D eigenvalue weighted by Gasteiger charge is 2.30. The number of rotatable bonds is 71. The molecule has 0 saturated heterocycles. The van der Waals surface area contributed by atoms with E-state index in [0.29, 0.717) is 25.7 Å². The van der Waals surface area contributed by atoms with Crippen molar-refractivity contribution in [2.75, 3.05) is 39.6 Å². The molecular weight excluding hydrogens is 1280 g/mol. The minimum absolute atomic E-state index is 0.0708. The van der Waals surface area contributed by atoms with Gasteiger partial charge in [-0.1, -0.05) is 272 Å². The van der Waals surface area contributed by atoms with E-state index in [9.17, 15) is 43.2 Å². The lowest BCUT2D eigenvalue weighted by Gasteiger charge is -2.21. The van der Waals surface area contributed by atoms with Crippen LogP contribution in [0.4, 0.5) is 0 Å². The Kier molecular flexibility index (Phi) is 68.0. The van der Waals surface area contributed by atoms with Crippen molar-refractivity contribution in [3.05, 3.63) is 109 Å². The summed E-state index contributed by atoms with van der Waals surface area (Å²) in [4.78, 5) is 72.8. The van der Waals surface area contributed by atoms with E-state index in [1.807, 2.05) is 0 Å². The summed E-state index contributed by atoms with van der Waals surface area (Å²) in [6.45, 7) is 4.54. The molecule has 0 fully saturated rings. The van der Waals surface area contributed by atoms with Crippen molar-refractivity contribution < 1.29 is 80.2 Å². The van der Waals surface area contributed by atoms with Gasteiger partial charge < -0.3 is 33.8 Å². The van der Waals surface area contributed by atoms with Crippen LogP contribution in [0.15, 0.2) is 109 Å². The van der Waals surface area contributed by atoms with E-state index in [2.05, 4.69) is 137 Å². The first-order valence-corrected chi connectivity index (χ1v) is 41.1. The van der Waals surface area contributed by atoms with Crippen LogP contribution in [-0.4, -0.2) is 96.7 Å². The minimum Gasteiger partial charge on any atom is -0.462 e. The van der Waals surface area contributed by atoms with Gasteiger partial charge in [-0.15, -0.1) is 0 Å². The van der Waals surface area contributed by atoms with E-state index >= 15 is 0 Å². The number of esters is 4. The molecule has 0 saturated carbocycles. The maximum Gasteiger partial charge on any atom is 0.472 e. The smallest absolute Gasteiger partial charge is 0.462 e. The third-order valence-corrected chi connectivity index (χ3v) is 17.6. The van der Waals surface area contributed by atoms with Crippen molar-refractivity contribution in [1.29, 1.82) is 0 Å². The van der Waals surface area contributed by atoms with E-state index < -0.39 is 97.5 Å². The number of carbonyl (C=O) groups excluding carboxylic acids is 4. The Morgan fingerprint density at radius 2 is 0.551 bits per heavy atom. The second-order valence-corrected chi connectivity index (χ2v) is 28.1. The van der Waals surface area contributed by atoms with Crippen LogP contribution in [0.3, 0.4) is 0 Å². The zero-order chi connectivity index (χ0) is 71.8. The van der Waals surface area contributed by atoms with Crippen molar-refractivity contribution >= 4 is 39.5 Å². The normalized spacial score (nSPS) is 14.6. The molecule has 5 atom stereocenters. The molecule has 3 N–H and O–H groups in total. The summed E-state index contributed by atoms with van der Waals surface area (Å²) in [6, 6.07) is 0. The van der Waals surface area contributed by atoms with E-state index in [1.54, 1.807) is 0 Å². The lowest BCUT2D eigenvalue weighted by atomic mass is 10.1. The number of unbranched alkanes of at least 4 members (excludes halogenated alkanes) is 27. The van der Waals surface area contributed by atoms with E-state index in [-0.39, 0.29) is 25.7 Å². The maximum absolute atomic E-state index is 13.1. The third-order valence-electron chi connectivity index (χ3n) is 15.7. The molecule has 0 aliphatic heterocycles. The van der Waals surface area contributed by atoms with Crippen LogP contribution in [0, 0.1) is 0 Å². The van der Waals surface area contributed by atoms with Gasteiger partial charge in [0.25, 0.3) is 0 Å². The fourth-order valence-electron chi connectivity index (χ4n) is 9.97. The van der Waals surface area contributed by atoms with Crippen LogP contribution in [0.25, 0.3) is 0 Å². The predicted octanol–water partition coefficient (Wildman–Crippen LogP) is 21.8. The standard InChI is InChI=1S/C79H136O17P2/c1-5-9-13-17-21-25-29-32-34-35-36-37-39-41-45-48-52-56-60-64-77(82)90-70-75(96-79(84)66-62-58-54-50-46-42-38-33-30-26-22-18-14-10-6-2)72-94-98(87,88)92-68-73(80)67-91-97(85,86)93-71-74(95-78(83)65-61-57-53-49-43-28-24-20-16-12-8-4)69-89-76(81)63-59-55-51-47-44-40-31-27-23-19-15-11-7-3/h9-10,13-15,19,21-22,25-27,31-34,36-38,73-75,80H,5-8,11-12,16-18,20,23-24,28-30,35,39-72H2,1-4H3,(H,85,86)(H,87,88)/b13-9-,14-10-,19-15-,25-21-,26-22-,31-27-,34-32-,37-36-,38-33-. The first-order chi connectivity index (χ1) is 47.7. The van der Waals surface area contributed by atoms with E-state index in [1.165, 1.54) is 38.5 Å². The summed E-state index contributed by atoms with van der Waals surface area (Å²) < 4.78 is 68.4. The topological polar surface area (TPSA) is 237 Å². The van der Waals surface area contributed by atoms with Crippen LogP contribution in [0.5, 0.6) is 0 Å². The van der Waals surface area contributed by atoms with Gasteiger partial charge in [-0.25, -0.2) is 9.13 Å². The van der Waals surface area contributed by atoms with Gasteiger partial charge in [0.2, 0.25) is 0 Å². The Balaban J connectivity index is 5.34. The lowest BCUT2D eigenvalue weighted by Crippen LogP contribution is -2.30. The largest absolute Gasteiger partial charge is 0.472 e. The number of aliphatic hydroxyl groups excluding tert-OH is 1. The van der Waals surface area contributed by atoms with Crippen LogP contribution < -0.4 is 0 Å². The van der Waals surface area contributed by atoms with Gasteiger partial charge in [0, 0.05) is 25.7 Å². The number of hydrogen-bond acceptors (Lipinski definition) is 15. The summed E-state index contributed by atoms with van der Waals surface area (Å²) in [5, 5.41) is 10.6. The number of ether oxygens (including phenoxy) is 4. The first-order valence-electron chi connectivity index (χ1n) is 38.1. The van der Waals surface area contributed by atoms with Gasteiger partial charge in [-0.2, -0.15) is 0 Å². The number of aliphatic hydroxyl groups is 1. The summed E-state index contributed by atoms with van der Waals surface area (Å²) >= 11 is 0. The van der Waals surface area contributed by atoms with Gasteiger partial charge in [0.1, 0.15) is 19.3 Å². The average molecular weight is 1420 g/mol. The second kappa shape index (κ2) is 71.1. The number of phosphoric acid groups is 2. The molecule has 0 aromatic rings. The monoisotopic (exact) mass is 1420 g/mol. The Hall–Kier alpha value is -4.28. The SMILES string of the molecule is CC/C=C\C/C=C\C/C=C\C/C=C\CCCCCCCCC(=O)OCC(COP(=O)(O)OCC(O)COP(=O)(O)OCC(COC(=O)CCCCCCC/C=C\C/C=C\CCC)OC(=O)CCCCCCCCCCCCC)OC(=O)CCCCCCC/C=C\C/C=C\C/C=C\CC. The highest BCUT2D eigenvalue weighted by Crippen LogP contribution is 2.45. The van der Waals surface area contributed by atoms with Crippen LogP contribution in [-0.2, 0) is 65.4 Å². The molecule has 0 rings (SSSR count). The molecule has 0 aliphatic carbocycles. The molecule has 98 heavy (non-hydrogen) atoms. The van der Waals surface area contributed by atoms with Gasteiger partial charge in [-0.3, -0.25) is 37.3 Å². The Morgan fingerprint density at radius 1 is 0.296 bits per heavy atom. The molecule has 0 heterocycles. The summed E-state index contributed by atoms with van der Waals surface area (Å²) in [5.74, 6) is -2.21. The van der Waals surface area contributed by atoms with Gasteiger partial charge in [-0.05, 0) is 122 Å². The second-order valence-electron chi connectivity index (χ2n) is 25.2. The summed E-state index contributed by atoms with van der Waals surface area (Å²) in [7, 11) is -9.95. The van der Waals surface area contributed by atoms with Gasteiger partial charge >= 0.3 is 39.5 Å².